The average molecular weight is 210 g/mol. The highest BCUT2D eigenvalue weighted by atomic mass is 19.2. The fourth-order valence-electron chi connectivity index (χ4n) is 1.04. The number of carbonyl (C=O) groups is 1. The monoisotopic (exact) mass is 210 g/mol. The molecule has 0 radical (unpaired) electrons. The second-order valence-corrected chi connectivity index (χ2v) is 2.86. The van der Waals surface area contributed by atoms with Gasteiger partial charge in [-0.3, -0.25) is 4.79 Å². The van der Waals surface area contributed by atoms with Crippen LogP contribution in [-0.2, 0) is 4.65 Å². The summed E-state index contributed by atoms with van der Waals surface area (Å²) in [5.41, 5.74) is 0.440. The van der Waals surface area contributed by atoms with Gasteiger partial charge in [0, 0.05) is 11.6 Å². The van der Waals surface area contributed by atoms with E-state index in [1.54, 1.807) is 30.3 Å². The Morgan fingerprint density at radius 2 is 1.93 bits per heavy atom. The summed E-state index contributed by atoms with van der Waals surface area (Å²) < 4.78 is 27.6. The Bertz CT molecular complexity index is 363. The minimum Gasteiger partial charge on any atom is -0.509 e. The van der Waals surface area contributed by atoms with Gasteiger partial charge in [0.05, 0.1) is 5.76 Å². The topological polar surface area (TPSA) is 26.3 Å². The van der Waals surface area contributed by atoms with E-state index in [-0.39, 0.29) is 11.5 Å². The van der Waals surface area contributed by atoms with Crippen LogP contribution in [0.15, 0.2) is 42.2 Å². The van der Waals surface area contributed by atoms with Crippen molar-refractivity contribution in [2.75, 3.05) is 0 Å². The van der Waals surface area contributed by atoms with Crippen molar-refractivity contribution in [1.82, 2.24) is 0 Å². The number of carbonyl (C=O) groups excluding carboxylic acids is 1. The van der Waals surface area contributed by atoms with E-state index in [2.05, 4.69) is 4.65 Å². The Morgan fingerprint density at radius 1 is 1.33 bits per heavy atom. The maximum Gasteiger partial charge on any atom is 0.796 e. The molecule has 5 heteroatoms. The zero-order valence-electron chi connectivity index (χ0n) is 8.11. The van der Waals surface area contributed by atoms with Crippen molar-refractivity contribution in [3.05, 3.63) is 47.7 Å². The quantitative estimate of drug-likeness (QED) is 0.330. The highest BCUT2D eigenvalue weighted by Gasteiger charge is 2.17. The smallest absolute Gasteiger partial charge is 0.509 e. The summed E-state index contributed by atoms with van der Waals surface area (Å²) >= 11 is 0. The second-order valence-electron chi connectivity index (χ2n) is 2.86. The van der Waals surface area contributed by atoms with Gasteiger partial charge in [-0.1, -0.05) is 30.3 Å². The molecule has 0 fully saturated rings. The molecule has 0 spiro atoms. The molecule has 0 saturated heterocycles. The lowest BCUT2D eigenvalue weighted by Crippen LogP contribution is -2.04. The van der Waals surface area contributed by atoms with Crippen molar-refractivity contribution in [3.8, 4) is 0 Å². The number of hydrogen-bond donors (Lipinski definition) is 0. The van der Waals surface area contributed by atoms with Gasteiger partial charge in [0.15, 0.2) is 5.78 Å². The highest BCUT2D eigenvalue weighted by Crippen LogP contribution is 2.06. The van der Waals surface area contributed by atoms with Crippen molar-refractivity contribution < 1.29 is 18.1 Å². The van der Waals surface area contributed by atoms with E-state index in [9.17, 15) is 13.4 Å². The van der Waals surface area contributed by atoms with Gasteiger partial charge in [0.25, 0.3) is 0 Å². The molecule has 0 atom stereocenters. The van der Waals surface area contributed by atoms with Crippen LogP contribution in [0.3, 0.4) is 0 Å². The molecule has 1 aromatic rings. The molecule has 1 rings (SSSR count). The van der Waals surface area contributed by atoms with Crippen LogP contribution in [0.1, 0.15) is 17.3 Å². The van der Waals surface area contributed by atoms with Gasteiger partial charge in [-0.15, -0.1) is 0 Å². The van der Waals surface area contributed by atoms with Gasteiger partial charge in [-0.25, -0.2) is 8.63 Å². The van der Waals surface area contributed by atoms with Crippen LogP contribution < -0.4 is 0 Å². The largest absolute Gasteiger partial charge is 0.796 e. The first kappa shape index (κ1) is 11.4. The fourth-order valence-corrected chi connectivity index (χ4v) is 1.04. The van der Waals surface area contributed by atoms with Crippen LogP contribution in [0.5, 0.6) is 0 Å². The van der Waals surface area contributed by atoms with Crippen LogP contribution in [0.25, 0.3) is 0 Å². The lowest BCUT2D eigenvalue weighted by atomic mass is 10.1. The molecule has 0 aliphatic rings. The van der Waals surface area contributed by atoms with Crippen LogP contribution in [-0.4, -0.2) is 13.3 Å². The first-order valence-corrected chi connectivity index (χ1v) is 4.32. The summed E-state index contributed by atoms with van der Waals surface area (Å²) in [6.45, 7) is 1.31. The van der Waals surface area contributed by atoms with E-state index in [0.717, 1.165) is 6.08 Å². The van der Waals surface area contributed by atoms with Crippen molar-refractivity contribution in [2.45, 2.75) is 6.92 Å². The van der Waals surface area contributed by atoms with E-state index in [0.29, 0.717) is 5.56 Å². The Morgan fingerprint density at radius 3 is 2.47 bits per heavy atom. The summed E-state index contributed by atoms with van der Waals surface area (Å²) in [5.74, 6) is -0.451. The van der Waals surface area contributed by atoms with E-state index >= 15 is 0 Å². The number of benzene rings is 1. The molecule has 15 heavy (non-hydrogen) atoms. The third-order valence-electron chi connectivity index (χ3n) is 1.67. The van der Waals surface area contributed by atoms with Crippen LogP contribution in [0.2, 0.25) is 0 Å². The summed E-state index contributed by atoms with van der Waals surface area (Å²) in [7, 11) is -2.90. The number of allylic oxidation sites excluding steroid dienone is 2. The van der Waals surface area contributed by atoms with Gasteiger partial charge in [0.2, 0.25) is 0 Å². The number of rotatable bonds is 4. The Kier molecular flexibility index (Phi) is 4.03. The highest BCUT2D eigenvalue weighted by molar-refractivity contribution is 6.34. The van der Waals surface area contributed by atoms with Crippen molar-refractivity contribution in [2.24, 2.45) is 0 Å². The molecular formula is C10H9BF2O2. The Balaban J connectivity index is 2.71. The molecule has 0 aromatic heterocycles. The number of ketones is 1. The standard InChI is InChI=1S/C10H9BF2O2/c1-8(15-11(12)13)7-10(14)9-5-3-2-4-6-9/h2-7H,1H3/b8-7+. The number of hydrogen-bond acceptors (Lipinski definition) is 2. The van der Waals surface area contributed by atoms with Crippen LogP contribution >= 0.6 is 0 Å². The van der Waals surface area contributed by atoms with E-state index in [1.807, 2.05) is 0 Å². The minimum atomic E-state index is -2.90. The third kappa shape index (κ3) is 3.93. The van der Waals surface area contributed by atoms with Crippen molar-refractivity contribution >= 4 is 13.3 Å². The Hall–Kier alpha value is -1.65. The summed E-state index contributed by atoms with van der Waals surface area (Å²) in [4.78, 5) is 11.4. The van der Waals surface area contributed by atoms with Crippen LogP contribution in [0, 0.1) is 0 Å². The van der Waals surface area contributed by atoms with Crippen molar-refractivity contribution in [3.63, 3.8) is 0 Å². The average Bonchev–Trinajstić information content (AvgIpc) is 2.17. The van der Waals surface area contributed by atoms with Gasteiger partial charge in [-0.05, 0) is 6.92 Å². The predicted octanol–water partition coefficient (Wildman–Crippen LogP) is 2.71. The molecule has 0 heterocycles. The van der Waals surface area contributed by atoms with E-state index in [4.69, 9.17) is 0 Å². The van der Waals surface area contributed by atoms with E-state index in [1.165, 1.54) is 6.92 Å². The Labute approximate surface area is 86.8 Å². The lowest BCUT2D eigenvalue weighted by Gasteiger charge is -2.01. The summed E-state index contributed by atoms with van der Waals surface area (Å²) in [6, 6.07) is 8.38. The van der Waals surface area contributed by atoms with E-state index < -0.39 is 7.47 Å². The third-order valence-corrected chi connectivity index (χ3v) is 1.67. The second kappa shape index (κ2) is 5.29. The summed E-state index contributed by atoms with van der Waals surface area (Å²) in [5, 5.41) is 0. The minimum absolute atomic E-state index is 0.0983. The zero-order valence-corrected chi connectivity index (χ0v) is 8.11. The normalized spacial score (nSPS) is 11.0. The molecule has 0 unspecified atom stereocenters. The summed E-state index contributed by atoms with van der Waals surface area (Å²) in [6.07, 6.45) is 1.04. The first-order chi connectivity index (χ1) is 7.09. The van der Waals surface area contributed by atoms with Gasteiger partial charge in [-0.2, -0.15) is 0 Å². The lowest BCUT2D eigenvalue weighted by molar-refractivity contribution is 0.104. The van der Waals surface area contributed by atoms with Gasteiger partial charge >= 0.3 is 7.47 Å². The molecule has 78 valence electrons. The molecule has 0 bridgehead atoms. The predicted molar refractivity (Wildman–Crippen MR) is 53.6 cm³/mol. The SMILES string of the molecule is C/C(=C\C(=O)c1ccccc1)OB(F)F. The maximum absolute atomic E-state index is 11.8. The zero-order chi connectivity index (χ0) is 11.3. The van der Waals surface area contributed by atoms with Crippen molar-refractivity contribution in [1.29, 1.82) is 0 Å². The molecule has 0 amide bonds. The fraction of sp³-hybridized carbons (Fsp3) is 0.100. The molecule has 2 nitrogen and oxygen atoms in total. The molecule has 0 aliphatic heterocycles. The molecular weight excluding hydrogens is 201 g/mol. The first-order valence-electron chi connectivity index (χ1n) is 4.32. The molecule has 0 aliphatic carbocycles. The van der Waals surface area contributed by atoms with Gasteiger partial charge in [0.1, 0.15) is 0 Å². The molecule has 0 N–H and O–H groups in total. The van der Waals surface area contributed by atoms with Crippen LogP contribution in [0.4, 0.5) is 8.63 Å². The molecule has 1 aromatic carbocycles. The number of halogens is 2. The molecule has 0 saturated carbocycles. The maximum atomic E-state index is 11.8. The van der Waals surface area contributed by atoms with Gasteiger partial charge < -0.3 is 4.65 Å².